The summed E-state index contributed by atoms with van der Waals surface area (Å²) < 4.78 is 23.2. The maximum atomic E-state index is 13.0. The number of carbonyl (C=O) groups is 3. The van der Waals surface area contributed by atoms with Crippen LogP contribution in [0, 0.1) is 10.1 Å². The quantitative estimate of drug-likeness (QED) is 0.0892. The van der Waals surface area contributed by atoms with Crippen molar-refractivity contribution in [2.24, 2.45) is 0 Å². The zero-order chi connectivity index (χ0) is 38.8. The molecule has 0 aliphatic carbocycles. The Bertz CT molecular complexity index is 1290. The standard InChI is InChI=1S/C37H63N5O9.BrH.Na/c1-34(2,3)48-30-14-13-29(42(46)47)23-28(30)24-38-15-17-39(25-31(43)49-35(4,5)6)19-21-41(27-33(45)51-37(10,11)12)22-20-40(18-16-38)26-32(44)50-36(7,8)9;;/h13-14,23H,15-22,24-27H2,1-12H3;1H;/q;;+1/p-1. The van der Waals surface area contributed by atoms with Crippen molar-refractivity contribution in [1.82, 2.24) is 19.6 Å². The van der Waals surface area contributed by atoms with E-state index in [-0.39, 0.29) is 89.8 Å². The third-order valence-corrected chi connectivity index (χ3v) is 7.31. The van der Waals surface area contributed by atoms with Crippen LogP contribution in [0.25, 0.3) is 0 Å². The summed E-state index contributed by atoms with van der Waals surface area (Å²) in [6, 6.07) is 4.62. The number of halogens is 1. The first-order valence-electron chi connectivity index (χ1n) is 17.8. The molecule has 1 fully saturated rings. The summed E-state index contributed by atoms with van der Waals surface area (Å²) in [6.45, 7) is 26.4. The summed E-state index contributed by atoms with van der Waals surface area (Å²) in [6.07, 6.45) is 0. The molecule has 298 valence electrons. The molecule has 2 rings (SSSR count). The smallest absolute Gasteiger partial charge is 1.00 e. The Kier molecular flexibility index (Phi) is 21.3. The van der Waals surface area contributed by atoms with E-state index < -0.39 is 27.3 Å². The van der Waals surface area contributed by atoms with E-state index in [1.54, 1.807) is 12.1 Å². The molecule has 1 heterocycles. The molecule has 1 aliphatic rings. The van der Waals surface area contributed by atoms with Crippen molar-refractivity contribution in [2.75, 3.05) is 72.0 Å². The van der Waals surface area contributed by atoms with E-state index in [1.165, 1.54) is 6.07 Å². The van der Waals surface area contributed by atoms with Crippen LogP contribution >= 0.6 is 0 Å². The van der Waals surface area contributed by atoms with Crippen LogP contribution in [-0.4, -0.2) is 137 Å². The van der Waals surface area contributed by atoms with Crippen LogP contribution < -0.4 is 51.3 Å². The molecule has 0 saturated carbocycles. The second-order valence-corrected chi connectivity index (χ2v) is 17.1. The summed E-state index contributed by atoms with van der Waals surface area (Å²) in [5, 5.41) is 11.8. The number of non-ortho nitro benzene ring substituents is 1. The molecule has 16 heteroatoms. The van der Waals surface area contributed by atoms with E-state index in [9.17, 15) is 24.5 Å². The number of benzene rings is 1. The molecule has 1 aromatic carbocycles. The molecular weight excluding hydrogens is 761 g/mol. The first kappa shape index (κ1) is 51.1. The van der Waals surface area contributed by atoms with Crippen molar-refractivity contribution in [1.29, 1.82) is 0 Å². The third-order valence-electron chi connectivity index (χ3n) is 7.31. The molecule has 0 spiro atoms. The zero-order valence-electron chi connectivity index (χ0n) is 34.5. The fraction of sp³-hybridized carbons (Fsp3) is 0.757. The van der Waals surface area contributed by atoms with Gasteiger partial charge in [0.2, 0.25) is 0 Å². The zero-order valence-corrected chi connectivity index (χ0v) is 38.1. The number of hydrogen-bond acceptors (Lipinski definition) is 13. The van der Waals surface area contributed by atoms with Crippen LogP contribution in [0.15, 0.2) is 18.2 Å². The number of nitro benzene ring substituents is 1. The van der Waals surface area contributed by atoms with Crippen LogP contribution in [0.2, 0.25) is 0 Å². The number of esters is 3. The number of rotatable bonds is 10. The fourth-order valence-corrected chi connectivity index (χ4v) is 5.35. The average Bonchev–Trinajstić information content (AvgIpc) is 2.91. The van der Waals surface area contributed by atoms with Gasteiger partial charge >= 0.3 is 47.5 Å². The van der Waals surface area contributed by atoms with Crippen molar-refractivity contribution in [3.8, 4) is 5.75 Å². The first-order valence-corrected chi connectivity index (χ1v) is 17.8. The van der Waals surface area contributed by atoms with Gasteiger partial charge < -0.3 is 35.9 Å². The summed E-state index contributed by atoms with van der Waals surface area (Å²) >= 11 is 0. The first-order chi connectivity index (χ1) is 23.3. The van der Waals surface area contributed by atoms with Gasteiger partial charge in [0, 0.05) is 76.6 Å². The second-order valence-electron chi connectivity index (χ2n) is 17.1. The minimum atomic E-state index is -0.651. The molecular formula is C37H63BrN5NaO9. The normalized spacial score (nSPS) is 16.5. The molecule has 53 heavy (non-hydrogen) atoms. The molecule has 0 bridgehead atoms. The van der Waals surface area contributed by atoms with Crippen molar-refractivity contribution < 1.29 is 84.8 Å². The molecule has 1 aromatic rings. The second kappa shape index (κ2) is 22.0. The summed E-state index contributed by atoms with van der Waals surface area (Å²) in [4.78, 5) is 58.5. The average molecular weight is 825 g/mol. The van der Waals surface area contributed by atoms with Gasteiger partial charge in [0.05, 0.1) is 24.6 Å². The minimum absolute atomic E-state index is 0. The Hall–Kier alpha value is -1.85. The number of nitro groups is 1. The minimum Gasteiger partial charge on any atom is -1.00 e. The number of hydrogen-bond donors (Lipinski definition) is 0. The molecule has 0 unspecified atom stereocenters. The maximum absolute atomic E-state index is 13.0. The van der Waals surface area contributed by atoms with Gasteiger partial charge in [-0.05, 0) is 89.2 Å². The van der Waals surface area contributed by atoms with Crippen LogP contribution in [-0.2, 0) is 35.1 Å². The molecule has 0 amide bonds. The topological polar surface area (TPSA) is 144 Å². The Morgan fingerprint density at radius 2 is 0.925 bits per heavy atom. The summed E-state index contributed by atoms with van der Waals surface area (Å²) in [5.74, 6) is -0.526. The van der Waals surface area contributed by atoms with Crippen LogP contribution in [0.4, 0.5) is 5.69 Å². The van der Waals surface area contributed by atoms with Crippen molar-refractivity contribution >= 4 is 23.6 Å². The van der Waals surface area contributed by atoms with E-state index in [0.717, 1.165) is 0 Å². The Morgan fingerprint density at radius 1 is 0.604 bits per heavy atom. The number of ether oxygens (including phenoxy) is 4. The van der Waals surface area contributed by atoms with E-state index >= 15 is 0 Å². The van der Waals surface area contributed by atoms with E-state index in [2.05, 4.69) is 4.90 Å². The van der Waals surface area contributed by atoms with Gasteiger partial charge in [-0.3, -0.25) is 44.1 Å². The van der Waals surface area contributed by atoms with Gasteiger partial charge in [-0.1, -0.05) is 0 Å². The van der Waals surface area contributed by atoms with Gasteiger partial charge in [0.1, 0.15) is 28.2 Å². The van der Waals surface area contributed by atoms with E-state index in [0.29, 0.717) is 70.2 Å². The van der Waals surface area contributed by atoms with Crippen LogP contribution in [0.5, 0.6) is 5.75 Å². The van der Waals surface area contributed by atoms with Crippen molar-refractivity contribution in [3.05, 3.63) is 33.9 Å². The summed E-state index contributed by atoms with van der Waals surface area (Å²) in [7, 11) is 0. The van der Waals surface area contributed by atoms with E-state index in [1.807, 2.05) is 97.8 Å². The third kappa shape index (κ3) is 23.0. The van der Waals surface area contributed by atoms with Crippen molar-refractivity contribution in [2.45, 2.75) is 112 Å². The molecule has 14 nitrogen and oxygen atoms in total. The molecule has 0 N–H and O–H groups in total. The maximum Gasteiger partial charge on any atom is 1.00 e. The van der Waals surface area contributed by atoms with Gasteiger partial charge in [-0.25, -0.2) is 0 Å². The van der Waals surface area contributed by atoms with Crippen molar-refractivity contribution in [3.63, 3.8) is 0 Å². The molecule has 0 radical (unpaired) electrons. The van der Waals surface area contributed by atoms with E-state index in [4.69, 9.17) is 18.9 Å². The Morgan fingerprint density at radius 3 is 1.21 bits per heavy atom. The molecule has 1 saturated heterocycles. The van der Waals surface area contributed by atoms with Gasteiger partial charge in [0.25, 0.3) is 5.69 Å². The number of nitrogens with zero attached hydrogens (tertiary/aromatic N) is 5. The molecule has 0 atom stereocenters. The molecule has 0 aromatic heterocycles. The fourth-order valence-electron chi connectivity index (χ4n) is 5.35. The SMILES string of the molecule is CC(C)(C)OC(=O)CN1CCN(CC(=O)OC(C)(C)C)CCN(Cc2cc([N+](=O)[O-])ccc2OC(C)(C)C)CCN(CC(=O)OC(C)(C)C)CC1.[Br-].[Na+]. The Labute approximate surface area is 349 Å². The summed E-state index contributed by atoms with van der Waals surface area (Å²) in [5.41, 5.74) is -1.86. The monoisotopic (exact) mass is 823 g/mol. The predicted molar refractivity (Wildman–Crippen MR) is 196 cm³/mol. The number of carbonyl (C=O) groups excluding carboxylic acids is 3. The molecule has 1 aliphatic heterocycles. The van der Waals surface area contributed by atoms with Crippen LogP contribution in [0.1, 0.15) is 88.6 Å². The Balaban J connectivity index is 0.0000135. The van der Waals surface area contributed by atoms with Crippen LogP contribution in [0.3, 0.4) is 0 Å². The van der Waals surface area contributed by atoms with Gasteiger partial charge in [-0.2, -0.15) is 0 Å². The van der Waals surface area contributed by atoms with Gasteiger partial charge in [-0.15, -0.1) is 0 Å². The predicted octanol–water partition coefficient (Wildman–Crippen LogP) is -1.47. The largest absolute Gasteiger partial charge is 1.00 e. The van der Waals surface area contributed by atoms with Gasteiger partial charge in [0.15, 0.2) is 0 Å².